The van der Waals surface area contributed by atoms with Crippen molar-refractivity contribution in [1.29, 1.82) is 0 Å². The van der Waals surface area contributed by atoms with Crippen LogP contribution in [0.15, 0.2) is 274 Å². The second-order valence-electron chi connectivity index (χ2n) is 18.8. The molecule has 0 unspecified atom stereocenters. The lowest BCUT2D eigenvalue weighted by Crippen LogP contribution is -2.10. The fourth-order valence-electron chi connectivity index (χ4n) is 10.4. The molecule has 0 aliphatic rings. The molecular formula is C76H74N2. The number of anilines is 3. The van der Waals surface area contributed by atoms with Gasteiger partial charge in [0.25, 0.3) is 0 Å². The average molecular weight is 1020 g/mol. The maximum atomic E-state index is 3.60. The van der Waals surface area contributed by atoms with Crippen LogP contribution in [-0.4, -0.2) is 4.57 Å². The van der Waals surface area contributed by atoms with Crippen LogP contribution in [-0.2, 0) is 0 Å². The predicted octanol–water partition coefficient (Wildman–Crippen LogP) is 23.1. The molecule has 2 nitrogen and oxygen atoms in total. The first-order valence-electron chi connectivity index (χ1n) is 27.9. The molecule has 1 heterocycles. The molecule has 12 rings (SSSR count). The summed E-state index contributed by atoms with van der Waals surface area (Å²) in [7, 11) is 0. The highest BCUT2D eigenvalue weighted by atomic mass is 15.1. The minimum Gasteiger partial charge on any atom is -0.316 e. The highest BCUT2D eigenvalue weighted by Crippen LogP contribution is 2.47. The van der Waals surface area contributed by atoms with Gasteiger partial charge in [0.2, 0.25) is 0 Å². The average Bonchev–Trinajstić information content (AvgIpc) is 4.01. The van der Waals surface area contributed by atoms with E-state index in [2.05, 4.69) is 285 Å². The Bertz CT molecular complexity index is 3790. The monoisotopic (exact) mass is 1010 g/mol. The number of benzene rings is 11. The van der Waals surface area contributed by atoms with Crippen LogP contribution in [0.2, 0.25) is 0 Å². The van der Waals surface area contributed by atoms with Gasteiger partial charge in [-0.3, -0.25) is 0 Å². The zero-order valence-corrected chi connectivity index (χ0v) is 46.8. The Morgan fingerprint density at radius 2 is 0.872 bits per heavy atom. The van der Waals surface area contributed by atoms with E-state index in [1.807, 2.05) is 40.7 Å². The minimum absolute atomic E-state index is 1.09. The Balaban J connectivity index is 0.000000564. The van der Waals surface area contributed by atoms with Crippen molar-refractivity contribution in [2.75, 3.05) is 4.90 Å². The Labute approximate surface area is 464 Å². The smallest absolute Gasteiger partial charge is 0.0540 e. The topological polar surface area (TPSA) is 8.17 Å². The third kappa shape index (κ3) is 11.8. The molecular weight excluding hydrogens is 941 g/mol. The molecule has 0 aliphatic heterocycles. The standard InChI is InChI=1S/C63H44N2.C6H12.C3H6.2C2H6/c1-43-42-64(60-40-35-48(41-59(43)60)45-19-7-3-8-20-45)49-36-38-51(39-37-49)65(50-21-9-4-10-22-50)61-30-16-27-52-53(61)28-15-29-54(52)63-57-25-13-11-23-55(57)62(56-24-12-14-26-58(56)63)47-33-31-46(32-34-47)44-17-5-2-6-18-44;1-3-5-6-4-2;1-3-2;2*1-2/h2-42H,1H3;3H,1,4-6H2,2H3;3H,1H2,2H3;2*1-2H3. The Morgan fingerprint density at radius 1 is 0.423 bits per heavy atom. The lowest BCUT2D eigenvalue weighted by molar-refractivity contribution is 0.816. The number of para-hydroxylation sites is 1. The second kappa shape index (κ2) is 27.2. The summed E-state index contributed by atoms with van der Waals surface area (Å²) in [5, 5.41) is 8.64. The third-order valence-corrected chi connectivity index (χ3v) is 13.9. The molecule has 388 valence electrons. The van der Waals surface area contributed by atoms with E-state index in [4.69, 9.17) is 0 Å². The van der Waals surface area contributed by atoms with Crippen molar-refractivity contribution >= 4 is 60.3 Å². The number of aryl methyl sites for hydroxylation is 1. The van der Waals surface area contributed by atoms with E-state index < -0.39 is 0 Å². The largest absolute Gasteiger partial charge is 0.316 e. The second-order valence-corrected chi connectivity index (χ2v) is 18.8. The van der Waals surface area contributed by atoms with Crippen molar-refractivity contribution in [2.45, 2.75) is 67.7 Å². The fourth-order valence-corrected chi connectivity index (χ4v) is 10.4. The molecule has 0 aliphatic carbocycles. The maximum Gasteiger partial charge on any atom is 0.0540 e. The van der Waals surface area contributed by atoms with E-state index in [0.717, 1.165) is 22.7 Å². The van der Waals surface area contributed by atoms with E-state index >= 15 is 0 Å². The van der Waals surface area contributed by atoms with E-state index in [1.54, 1.807) is 6.08 Å². The highest BCUT2D eigenvalue weighted by Gasteiger charge is 2.21. The summed E-state index contributed by atoms with van der Waals surface area (Å²) in [4.78, 5) is 2.40. The highest BCUT2D eigenvalue weighted by molar-refractivity contribution is 6.24. The number of rotatable bonds is 11. The van der Waals surface area contributed by atoms with Gasteiger partial charge in [-0.2, -0.15) is 0 Å². The number of hydrogen-bond acceptors (Lipinski definition) is 1. The molecule has 0 radical (unpaired) electrons. The van der Waals surface area contributed by atoms with Gasteiger partial charge in [0.05, 0.1) is 11.2 Å². The molecule has 0 atom stereocenters. The van der Waals surface area contributed by atoms with Crippen LogP contribution in [0.3, 0.4) is 0 Å². The summed E-state index contributed by atoms with van der Waals surface area (Å²) < 4.78 is 2.32. The quantitative estimate of drug-likeness (QED) is 0.0712. The lowest BCUT2D eigenvalue weighted by Gasteiger charge is -2.27. The van der Waals surface area contributed by atoms with Gasteiger partial charge in [-0.25, -0.2) is 0 Å². The molecule has 2 heteroatoms. The van der Waals surface area contributed by atoms with Crippen molar-refractivity contribution in [1.82, 2.24) is 4.57 Å². The van der Waals surface area contributed by atoms with Crippen LogP contribution in [0, 0.1) is 6.92 Å². The van der Waals surface area contributed by atoms with Crippen molar-refractivity contribution in [3.8, 4) is 50.2 Å². The fraction of sp³-hybridized carbons (Fsp3) is 0.132. The molecule has 0 N–H and O–H groups in total. The van der Waals surface area contributed by atoms with Gasteiger partial charge in [0.15, 0.2) is 0 Å². The van der Waals surface area contributed by atoms with Crippen LogP contribution in [0.1, 0.15) is 66.4 Å². The zero-order chi connectivity index (χ0) is 54.8. The van der Waals surface area contributed by atoms with Crippen LogP contribution in [0.25, 0.3) is 93.4 Å². The van der Waals surface area contributed by atoms with Gasteiger partial charge in [-0.05, 0) is 152 Å². The molecule has 0 amide bonds. The summed E-state index contributed by atoms with van der Waals surface area (Å²) in [5.41, 5.74) is 16.8. The summed E-state index contributed by atoms with van der Waals surface area (Å²) in [5.74, 6) is 0. The molecule has 0 bridgehead atoms. The van der Waals surface area contributed by atoms with Gasteiger partial charge >= 0.3 is 0 Å². The Morgan fingerprint density at radius 3 is 1.42 bits per heavy atom. The normalized spacial score (nSPS) is 10.5. The van der Waals surface area contributed by atoms with E-state index in [9.17, 15) is 0 Å². The third-order valence-electron chi connectivity index (χ3n) is 13.9. The number of unbranched alkanes of at least 4 members (excludes halogenated alkanes) is 2. The number of fused-ring (bicyclic) bond motifs is 4. The van der Waals surface area contributed by atoms with Gasteiger partial charge < -0.3 is 9.47 Å². The van der Waals surface area contributed by atoms with Crippen molar-refractivity contribution in [3.63, 3.8) is 0 Å². The number of nitrogens with zero attached hydrogens (tertiary/aromatic N) is 2. The first kappa shape index (κ1) is 55.3. The van der Waals surface area contributed by atoms with Crippen molar-refractivity contribution in [2.24, 2.45) is 0 Å². The van der Waals surface area contributed by atoms with E-state index in [-0.39, 0.29) is 0 Å². The molecule has 12 aromatic rings. The number of aromatic nitrogens is 1. The van der Waals surface area contributed by atoms with Gasteiger partial charge in [0.1, 0.15) is 0 Å². The summed E-state index contributed by atoms with van der Waals surface area (Å²) in [6.07, 6.45) is 9.73. The zero-order valence-electron chi connectivity index (χ0n) is 46.8. The molecule has 1 aromatic heterocycles. The SMILES string of the molecule is C=CC.C=CCCCC.CC.CC.Cc1cn(-c2ccc(N(c3ccccc3)c3cccc4c(-c5c6ccccc6c(-c6ccc(-c7ccccc7)cc6)c6ccccc56)cccc34)cc2)c2ccc(-c3ccccc3)cc12. The van der Waals surface area contributed by atoms with E-state index in [1.165, 1.54) is 113 Å². The Hall–Kier alpha value is -8.98. The summed E-state index contributed by atoms with van der Waals surface area (Å²) >= 11 is 0. The van der Waals surface area contributed by atoms with Gasteiger partial charge in [-0.15, -0.1) is 13.2 Å². The molecule has 0 saturated heterocycles. The summed E-state index contributed by atoms with van der Waals surface area (Å²) in [6, 6.07) is 88.4. The van der Waals surface area contributed by atoms with Gasteiger partial charge in [0, 0.05) is 34.0 Å². The first-order chi connectivity index (χ1) is 38.5. The lowest BCUT2D eigenvalue weighted by atomic mass is 9.84. The van der Waals surface area contributed by atoms with E-state index in [0.29, 0.717) is 0 Å². The number of allylic oxidation sites excluding steroid dienone is 2. The summed E-state index contributed by atoms with van der Waals surface area (Å²) in [6.45, 7) is 21.2. The molecule has 78 heavy (non-hydrogen) atoms. The van der Waals surface area contributed by atoms with Crippen molar-refractivity contribution in [3.05, 3.63) is 280 Å². The Kier molecular flexibility index (Phi) is 19.3. The number of hydrogen-bond donors (Lipinski definition) is 0. The molecule has 0 fully saturated rings. The van der Waals surface area contributed by atoms with Gasteiger partial charge in [-0.1, -0.05) is 248 Å². The molecule has 0 saturated carbocycles. The molecule has 0 spiro atoms. The molecule has 11 aromatic carbocycles. The minimum atomic E-state index is 1.09. The van der Waals surface area contributed by atoms with Crippen LogP contribution < -0.4 is 4.90 Å². The van der Waals surface area contributed by atoms with Crippen LogP contribution >= 0.6 is 0 Å². The first-order valence-corrected chi connectivity index (χ1v) is 27.9. The maximum absolute atomic E-state index is 3.60. The van der Waals surface area contributed by atoms with Crippen molar-refractivity contribution < 1.29 is 0 Å². The predicted molar refractivity (Wildman–Crippen MR) is 345 cm³/mol. The van der Waals surface area contributed by atoms with Crippen LogP contribution in [0.5, 0.6) is 0 Å². The van der Waals surface area contributed by atoms with Crippen LogP contribution in [0.4, 0.5) is 17.1 Å².